The first-order valence-corrected chi connectivity index (χ1v) is 6.91. The summed E-state index contributed by atoms with van der Waals surface area (Å²) in [6, 6.07) is -0.890. The highest BCUT2D eigenvalue weighted by molar-refractivity contribution is 5.83. The van der Waals surface area contributed by atoms with Crippen molar-refractivity contribution in [3.05, 3.63) is 11.7 Å². The molecule has 0 radical (unpaired) electrons. The Kier molecular flexibility index (Phi) is 4.70. The predicted molar refractivity (Wildman–Crippen MR) is 69.1 cm³/mol. The predicted octanol–water partition coefficient (Wildman–Crippen LogP) is 1.25. The molecule has 1 heterocycles. The van der Waals surface area contributed by atoms with Crippen molar-refractivity contribution in [1.82, 2.24) is 15.5 Å². The van der Waals surface area contributed by atoms with E-state index < -0.39 is 12.0 Å². The van der Waals surface area contributed by atoms with E-state index in [0.717, 1.165) is 18.7 Å². The minimum atomic E-state index is -1.06. The van der Waals surface area contributed by atoms with Crippen molar-refractivity contribution in [2.75, 3.05) is 0 Å². The van der Waals surface area contributed by atoms with Gasteiger partial charge in [-0.1, -0.05) is 18.0 Å². The van der Waals surface area contributed by atoms with Crippen LogP contribution in [0.3, 0.4) is 0 Å². The second-order valence-corrected chi connectivity index (χ2v) is 5.16. The van der Waals surface area contributed by atoms with Crippen molar-refractivity contribution >= 4 is 11.9 Å². The third-order valence-electron chi connectivity index (χ3n) is 3.52. The van der Waals surface area contributed by atoms with Crippen LogP contribution in [0.1, 0.15) is 56.7 Å². The van der Waals surface area contributed by atoms with Crippen LogP contribution in [-0.4, -0.2) is 33.2 Å². The van der Waals surface area contributed by atoms with Crippen LogP contribution >= 0.6 is 0 Å². The van der Waals surface area contributed by atoms with Gasteiger partial charge in [0.25, 0.3) is 0 Å². The number of hydrogen-bond acceptors (Lipinski definition) is 5. The van der Waals surface area contributed by atoms with Crippen LogP contribution in [-0.2, 0) is 16.0 Å². The van der Waals surface area contributed by atoms with Crippen LogP contribution in [0.15, 0.2) is 4.52 Å². The van der Waals surface area contributed by atoms with E-state index in [-0.39, 0.29) is 12.3 Å². The second-order valence-electron chi connectivity index (χ2n) is 5.16. The van der Waals surface area contributed by atoms with E-state index in [0.29, 0.717) is 18.2 Å². The fourth-order valence-corrected chi connectivity index (χ4v) is 2.32. The molecular weight excluding hydrogens is 262 g/mol. The number of amides is 1. The van der Waals surface area contributed by atoms with Gasteiger partial charge in [0.1, 0.15) is 6.04 Å². The Morgan fingerprint density at radius 3 is 2.80 bits per heavy atom. The Labute approximate surface area is 116 Å². The van der Waals surface area contributed by atoms with Gasteiger partial charge < -0.3 is 14.9 Å². The summed E-state index contributed by atoms with van der Waals surface area (Å²) < 4.78 is 5.12. The molecule has 2 N–H and O–H groups in total. The maximum Gasteiger partial charge on any atom is 0.325 e. The Morgan fingerprint density at radius 2 is 2.15 bits per heavy atom. The van der Waals surface area contributed by atoms with Crippen LogP contribution in [0, 0.1) is 0 Å². The number of hydrogen-bond donors (Lipinski definition) is 2. The number of aromatic nitrogens is 2. The zero-order valence-corrected chi connectivity index (χ0v) is 11.5. The third-order valence-corrected chi connectivity index (χ3v) is 3.52. The van der Waals surface area contributed by atoms with Crippen molar-refractivity contribution in [3.8, 4) is 0 Å². The molecule has 1 atom stereocenters. The molecule has 7 nitrogen and oxygen atoms in total. The third kappa shape index (κ3) is 3.79. The quantitative estimate of drug-likeness (QED) is 0.813. The number of carboxylic acid groups (broad SMARTS) is 1. The molecule has 1 amide bonds. The van der Waals surface area contributed by atoms with Gasteiger partial charge in [0.05, 0.1) is 0 Å². The van der Waals surface area contributed by atoms with Gasteiger partial charge in [-0.3, -0.25) is 9.59 Å². The maximum absolute atomic E-state index is 11.5. The first kappa shape index (κ1) is 14.5. The van der Waals surface area contributed by atoms with E-state index in [9.17, 15) is 9.59 Å². The lowest BCUT2D eigenvalue weighted by Crippen LogP contribution is -2.38. The molecule has 110 valence electrons. The smallest absolute Gasteiger partial charge is 0.325 e. The summed E-state index contributed by atoms with van der Waals surface area (Å²) in [5.74, 6) is 0.162. The molecule has 0 saturated heterocycles. The SMILES string of the molecule is C[C@@H](NC(=O)CCc1nc(C2CCCC2)no1)C(=O)O. The molecule has 1 aliphatic rings. The van der Waals surface area contributed by atoms with Crippen LogP contribution in [0.2, 0.25) is 0 Å². The molecule has 1 aromatic rings. The number of carbonyl (C=O) groups is 2. The van der Waals surface area contributed by atoms with Crippen molar-refractivity contribution in [2.45, 2.75) is 57.4 Å². The molecule has 20 heavy (non-hydrogen) atoms. The van der Waals surface area contributed by atoms with Gasteiger partial charge in [-0.2, -0.15) is 4.98 Å². The van der Waals surface area contributed by atoms with Crippen molar-refractivity contribution < 1.29 is 19.2 Å². The van der Waals surface area contributed by atoms with Crippen LogP contribution < -0.4 is 5.32 Å². The Balaban J connectivity index is 1.79. The zero-order chi connectivity index (χ0) is 14.5. The van der Waals surface area contributed by atoms with Gasteiger partial charge in [0, 0.05) is 18.8 Å². The highest BCUT2D eigenvalue weighted by Crippen LogP contribution is 2.32. The summed E-state index contributed by atoms with van der Waals surface area (Å²) in [5.41, 5.74) is 0. The molecule has 0 bridgehead atoms. The number of nitrogens with zero attached hydrogens (tertiary/aromatic N) is 2. The molecule has 1 fully saturated rings. The van der Waals surface area contributed by atoms with E-state index in [4.69, 9.17) is 9.63 Å². The standard InChI is InChI=1S/C13H19N3O4/c1-8(13(18)19)14-10(17)6-7-11-15-12(16-20-11)9-4-2-3-5-9/h8-9H,2-7H2,1H3,(H,14,17)(H,18,19)/t8-/m1/s1. The normalized spacial score (nSPS) is 17.1. The number of aliphatic carboxylic acids is 1. The maximum atomic E-state index is 11.5. The Morgan fingerprint density at radius 1 is 1.45 bits per heavy atom. The lowest BCUT2D eigenvalue weighted by molar-refractivity contribution is -0.141. The summed E-state index contributed by atoms with van der Waals surface area (Å²) >= 11 is 0. The average Bonchev–Trinajstić information content (AvgIpc) is 3.07. The summed E-state index contributed by atoms with van der Waals surface area (Å²) in [4.78, 5) is 26.4. The second kappa shape index (κ2) is 6.49. The largest absolute Gasteiger partial charge is 0.480 e. The molecule has 0 aromatic carbocycles. The summed E-state index contributed by atoms with van der Waals surface area (Å²) in [5, 5.41) is 15.0. The number of carbonyl (C=O) groups excluding carboxylic acids is 1. The molecule has 0 aliphatic heterocycles. The van der Waals surface area contributed by atoms with Gasteiger partial charge in [-0.15, -0.1) is 0 Å². The van der Waals surface area contributed by atoms with Crippen molar-refractivity contribution in [3.63, 3.8) is 0 Å². The minimum Gasteiger partial charge on any atom is -0.480 e. The van der Waals surface area contributed by atoms with E-state index in [2.05, 4.69) is 15.5 Å². The molecule has 1 aromatic heterocycles. The first-order valence-electron chi connectivity index (χ1n) is 6.91. The molecule has 1 aliphatic carbocycles. The summed E-state index contributed by atoms with van der Waals surface area (Å²) in [6.07, 6.45) is 5.06. The number of rotatable bonds is 6. The highest BCUT2D eigenvalue weighted by atomic mass is 16.5. The van der Waals surface area contributed by atoms with Crippen molar-refractivity contribution in [1.29, 1.82) is 0 Å². The van der Waals surface area contributed by atoms with Gasteiger partial charge in [-0.25, -0.2) is 0 Å². The van der Waals surface area contributed by atoms with Crippen LogP contribution in [0.5, 0.6) is 0 Å². The van der Waals surface area contributed by atoms with Crippen molar-refractivity contribution in [2.24, 2.45) is 0 Å². The van der Waals surface area contributed by atoms with Gasteiger partial charge in [-0.05, 0) is 19.8 Å². The Hall–Kier alpha value is -1.92. The topological polar surface area (TPSA) is 105 Å². The molecule has 0 unspecified atom stereocenters. The fourth-order valence-electron chi connectivity index (χ4n) is 2.32. The molecule has 1 saturated carbocycles. The number of carboxylic acids is 1. The fraction of sp³-hybridized carbons (Fsp3) is 0.692. The van der Waals surface area contributed by atoms with E-state index in [1.165, 1.54) is 19.8 Å². The highest BCUT2D eigenvalue weighted by Gasteiger charge is 2.22. The van der Waals surface area contributed by atoms with Crippen LogP contribution in [0.25, 0.3) is 0 Å². The number of aryl methyl sites for hydroxylation is 1. The minimum absolute atomic E-state index is 0.143. The van der Waals surface area contributed by atoms with Gasteiger partial charge in [0.15, 0.2) is 5.82 Å². The molecule has 0 spiro atoms. The van der Waals surface area contributed by atoms with E-state index in [1.807, 2.05) is 0 Å². The summed E-state index contributed by atoms with van der Waals surface area (Å²) in [7, 11) is 0. The monoisotopic (exact) mass is 281 g/mol. The first-order chi connectivity index (χ1) is 9.56. The Bertz CT molecular complexity index is 480. The molecule has 2 rings (SSSR count). The number of nitrogens with one attached hydrogen (secondary N) is 1. The molecule has 7 heteroatoms. The van der Waals surface area contributed by atoms with Crippen LogP contribution in [0.4, 0.5) is 0 Å². The van der Waals surface area contributed by atoms with Gasteiger partial charge >= 0.3 is 5.97 Å². The van der Waals surface area contributed by atoms with E-state index in [1.54, 1.807) is 0 Å². The van der Waals surface area contributed by atoms with Gasteiger partial charge in [0.2, 0.25) is 11.8 Å². The van der Waals surface area contributed by atoms with E-state index >= 15 is 0 Å². The summed E-state index contributed by atoms with van der Waals surface area (Å²) in [6.45, 7) is 1.42. The lowest BCUT2D eigenvalue weighted by atomic mass is 10.1. The lowest BCUT2D eigenvalue weighted by Gasteiger charge is -2.07. The zero-order valence-electron chi connectivity index (χ0n) is 11.5. The average molecular weight is 281 g/mol. The molecular formula is C13H19N3O4.